The number of ether oxygens (including phenoxy) is 4. The molecule has 10 heteroatoms. The molecule has 2 aliphatic carbocycles. The highest BCUT2D eigenvalue weighted by molar-refractivity contribution is 5.92. The van der Waals surface area contributed by atoms with Gasteiger partial charge in [0.25, 0.3) is 0 Å². The molecule has 0 radical (unpaired) electrons. The highest BCUT2D eigenvalue weighted by Gasteiger charge is 2.63. The van der Waals surface area contributed by atoms with Gasteiger partial charge in [0.2, 0.25) is 0 Å². The Balaban J connectivity index is 0.000000243. The van der Waals surface area contributed by atoms with Crippen LogP contribution in [0.5, 0.6) is 11.5 Å². The van der Waals surface area contributed by atoms with E-state index >= 15 is 0 Å². The second kappa shape index (κ2) is 15.1. The van der Waals surface area contributed by atoms with Gasteiger partial charge in [-0.25, -0.2) is 4.79 Å². The van der Waals surface area contributed by atoms with Crippen molar-refractivity contribution in [3.05, 3.63) is 47.5 Å². The first-order valence-corrected chi connectivity index (χ1v) is 15.9. The molecule has 254 valence electrons. The van der Waals surface area contributed by atoms with Crippen molar-refractivity contribution in [3.63, 3.8) is 0 Å². The van der Waals surface area contributed by atoms with Crippen LogP contribution in [0.4, 0.5) is 16.2 Å². The number of hydrogen-bond donors (Lipinski definition) is 2. The lowest BCUT2D eigenvalue weighted by Crippen LogP contribution is -2.38. The average molecular weight is 640 g/mol. The molecule has 2 aliphatic heterocycles. The second-order valence-corrected chi connectivity index (χ2v) is 11.7. The molecule has 2 N–H and O–H groups in total. The van der Waals surface area contributed by atoms with Crippen molar-refractivity contribution >= 4 is 29.3 Å². The van der Waals surface area contributed by atoms with Crippen LogP contribution < -0.4 is 25.0 Å². The third-order valence-corrected chi connectivity index (χ3v) is 9.39. The van der Waals surface area contributed by atoms with E-state index in [1.807, 2.05) is 51.1 Å². The predicted molar refractivity (Wildman–Crippen MR) is 181 cm³/mol. The third kappa shape index (κ3) is 6.76. The summed E-state index contributed by atoms with van der Waals surface area (Å²) < 4.78 is 21.9. The van der Waals surface area contributed by atoms with Crippen molar-refractivity contribution in [2.75, 3.05) is 56.8 Å². The van der Waals surface area contributed by atoms with Crippen molar-refractivity contribution in [2.24, 2.45) is 11.8 Å². The summed E-state index contributed by atoms with van der Waals surface area (Å²) in [5.41, 5.74) is 3.84. The predicted octanol–water partition coefficient (Wildman–Crippen LogP) is 6.45. The summed E-state index contributed by atoms with van der Waals surface area (Å²) in [6, 6.07) is 11.8. The van der Waals surface area contributed by atoms with E-state index in [9.17, 15) is 14.4 Å². The lowest BCUT2D eigenvalue weighted by Gasteiger charge is -2.29. The van der Waals surface area contributed by atoms with E-state index in [1.165, 1.54) is 5.56 Å². The fourth-order valence-electron chi connectivity index (χ4n) is 6.96. The van der Waals surface area contributed by atoms with Gasteiger partial charge in [-0.05, 0) is 89.8 Å². The van der Waals surface area contributed by atoms with Crippen LogP contribution in [0.15, 0.2) is 36.4 Å². The summed E-state index contributed by atoms with van der Waals surface area (Å²) in [5.74, 6) is 1.44. The highest BCUT2D eigenvalue weighted by Crippen LogP contribution is 2.62. The number of benzene rings is 2. The minimum absolute atomic E-state index is 0. The Kier molecular flexibility index (Phi) is 12.0. The van der Waals surface area contributed by atoms with Crippen molar-refractivity contribution in [1.82, 2.24) is 5.32 Å². The molecule has 0 bridgehead atoms. The number of carbonyl (C=O) groups excluding carboxylic acids is 3. The summed E-state index contributed by atoms with van der Waals surface area (Å²) in [5, 5.41) is 5.98. The number of nitrogens with one attached hydrogen (secondary N) is 2. The van der Waals surface area contributed by atoms with Crippen LogP contribution in [0.2, 0.25) is 0 Å². The van der Waals surface area contributed by atoms with Crippen molar-refractivity contribution in [2.45, 2.75) is 79.1 Å². The van der Waals surface area contributed by atoms with E-state index in [4.69, 9.17) is 18.9 Å². The van der Waals surface area contributed by atoms with Gasteiger partial charge in [0.05, 0.1) is 38.3 Å². The van der Waals surface area contributed by atoms with Crippen LogP contribution in [0.1, 0.15) is 79.4 Å². The molecule has 2 saturated carbocycles. The minimum Gasteiger partial charge on any atom is -0.493 e. The molecular formula is C36H53N3O7. The van der Waals surface area contributed by atoms with Gasteiger partial charge < -0.3 is 29.6 Å². The monoisotopic (exact) mass is 639 g/mol. The van der Waals surface area contributed by atoms with Gasteiger partial charge in [-0.15, -0.1) is 0 Å². The van der Waals surface area contributed by atoms with Crippen LogP contribution in [0.3, 0.4) is 0 Å². The van der Waals surface area contributed by atoms with Gasteiger partial charge >= 0.3 is 18.0 Å². The van der Waals surface area contributed by atoms with Crippen LogP contribution in [-0.2, 0) is 29.9 Å². The number of hydrogen-bond acceptors (Lipinski definition) is 8. The van der Waals surface area contributed by atoms with Crippen molar-refractivity contribution in [1.29, 1.82) is 0 Å². The number of urea groups is 1. The first kappa shape index (κ1) is 36.5. The van der Waals surface area contributed by atoms with Gasteiger partial charge in [-0.3, -0.25) is 14.5 Å². The zero-order chi connectivity index (χ0) is 31.5. The van der Waals surface area contributed by atoms with Crippen LogP contribution in [0, 0.1) is 11.8 Å². The molecule has 4 atom stereocenters. The first-order chi connectivity index (χ1) is 21.3. The molecule has 2 fully saturated rings. The number of esters is 2. The number of nitrogens with zero attached hydrogens (tertiary/aromatic N) is 1. The Morgan fingerprint density at radius 1 is 0.826 bits per heavy atom. The average Bonchev–Trinajstić information content (AvgIpc) is 3.94. The van der Waals surface area contributed by atoms with Gasteiger partial charge in [0.1, 0.15) is 11.5 Å². The van der Waals surface area contributed by atoms with E-state index in [1.54, 1.807) is 11.9 Å². The van der Waals surface area contributed by atoms with E-state index in [2.05, 4.69) is 23.6 Å². The van der Waals surface area contributed by atoms with Crippen LogP contribution in [0.25, 0.3) is 0 Å². The fourth-order valence-corrected chi connectivity index (χ4v) is 6.96. The summed E-state index contributed by atoms with van der Waals surface area (Å²) in [4.78, 5) is 37.9. The van der Waals surface area contributed by atoms with E-state index < -0.39 is 0 Å². The Hall–Kier alpha value is -3.95. The lowest BCUT2D eigenvalue weighted by molar-refractivity contribution is -0.146. The summed E-state index contributed by atoms with van der Waals surface area (Å²) in [7, 11) is 1.62. The molecule has 2 heterocycles. The molecule has 4 aliphatic rings. The standard InChI is InChI=1S/C18H24N2O4.C16H21NO3.2CH4/c1-4-20(17(22)19-3)12-6-7-15-13(10-12)18(8-9-24-15)11-14(18)16(21)23-5-2;1-3-17-11-5-6-14-12(9-11)16(7-8-20-14)10-13(16)15(18)19-4-2;;/h6-7,10,14H,4-5,8-9,11H2,1-3H3,(H,19,22);5-6,9,13,17H,3-4,7-8,10H2,1-2H3;2*1H4. The van der Waals surface area contributed by atoms with Crippen molar-refractivity contribution in [3.8, 4) is 11.5 Å². The third-order valence-electron chi connectivity index (χ3n) is 9.39. The lowest BCUT2D eigenvalue weighted by atomic mass is 9.87. The zero-order valence-corrected chi connectivity index (χ0v) is 26.5. The second-order valence-electron chi connectivity index (χ2n) is 11.7. The molecular weight excluding hydrogens is 586 g/mol. The Morgan fingerprint density at radius 2 is 1.35 bits per heavy atom. The Bertz CT molecular complexity index is 1400. The normalized spacial score (nSPS) is 24.0. The smallest absolute Gasteiger partial charge is 0.321 e. The number of rotatable bonds is 8. The maximum absolute atomic E-state index is 12.2. The largest absolute Gasteiger partial charge is 0.493 e. The SMILES string of the molecule is C.C.CCNc1ccc2c(c1)C1(CCO2)CC1C(=O)OCC.CCOC(=O)C1CC12CCOc1ccc(N(CC)C(=O)NC)cc12. The van der Waals surface area contributed by atoms with Crippen LogP contribution in [-0.4, -0.2) is 64.5 Å². The molecule has 2 spiro atoms. The maximum Gasteiger partial charge on any atom is 0.321 e. The summed E-state index contributed by atoms with van der Waals surface area (Å²) in [6.45, 7) is 11.3. The van der Waals surface area contributed by atoms with Gasteiger partial charge in [-0.1, -0.05) is 14.9 Å². The molecule has 4 unspecified atom stereocenters. The van der Waals surface area contributed by atoms with E-state index in [-0.39, 0.29) is 55.5 Å². The number of carbonyl (C=O) groups is 3. The van der Waals surface area contributed by atoms with Gasteiger partial charge in [0.15, 0.2) is 0 Å². The molecule has 2 amide bonds. The quantitative estimate of drug-likeness (QED) is 0.317. The molecule has 0 saturated heterocycles. The number of anilines is 2. The molecule has 10 nitrogen and oxygen atoms in total. The summed E-state index contributed by atoms with van der Waals surface area (Å²) in [6.07, 6.45) is 3.38. The Morgan fingerprint density at radius 3 is 1.83 bits per heavy atom. The fraction of sp³-hybridized carbons (Fsp3) is 0.583. The van der Waals surface area contributed by atoms with E-state index in [0.29, 0.717) is 33.0 Å². The Labute approximate surface area is 274 Å². The van der Waals surface area contributed by atoms with Gasteiger partial charge in [0, 0.05) is 53.5 Å². The van der Waals surface area contributed by atoms with Gasteiger partial charge in [-0.2, -0.15) is 0 Å². The number of amides is 2. The first-order valence-electron chi connectivity index (χ1n) is 15.9. The minimum atomic E-state index is -0.196. The number of fused-ring (bicyclic) bond motifs is 4. The molecule has 46 heavy (non-hydrogen) atoms. The molecule has 0 aromatic heterocycles. The highest BCUT2D eigenvalue weighted by atomic mass is 16.5. The molecule has 2 aromatic carbocycles. The molecule has 6 rings (SSSR count). The topological polar surface area (TPSA) is 115 Å². The molecule has 2 aromatic rings. The maximum atomic E-state index is 12.2. The summed E-state index contributed by atoms with van der Waals surface area (Å²) >= 11 is 0. The van der Waals surface area contributed by atoms with Crippen molar-refractivity contribution < 1.29 is 33.3 Å². The zero-order valence-electron chi connectivity index (χ0n) is 26.5. The van der Waals surface area contributed by atoms with Crippen LogP contribution >= 0.6 is 0 Å². The van der Waals surface area contributed by atoms with E-state index in [0.717, 1.165) is 60.7 Å².